The van der Waals surface area contributed by atoms with Crippen LogP contribution in [0.25, 0.3) is 32.3 Å². The van der Waals surface area contributed by atoms with Gasteiger partial charge in [0.2, 0.25) is 0 Å². The second kappa shape index (κ2) is 11.4. The Labute approximate surface area is 216 Å². The van der Waals surface area contributed by atoms with Gasteiger partial charge in [-0.15, -0.1) is 0 Å². The molecule has 4 aromatic rings. The van der Waals surface area contributed by atoms with E-state index in [1.807, 2.05) is 24.3 Å². The van der Waals surface area contributed by atoms with E-state index in [1.54, 1.807) is 24.3 Å². The zero-order chi connectivity index (χ0) is 27.5. The molecule has 0 heterocycles. The molecule has 0 aliphatic rings. The predicted molar refractivity (Wildman–Crippen MR) is 140 cm³/mol. The van der Waals surface area contributed by atoms with Crippen molar-refractivity contribution in [3.63, 3.8) is 0 Å². The minimum Gasteiger partial charge on any atom is -0.352 e. The molecule has 0 spiro atoms. The molecule has 6 N–H and O–H groups in total. The van der Waals surface area contributed by atoms with Crippen molar-refractivity contribution in [1.82, 2.24) is 10.6 Å². The number of benzene rings is 4. The lowest BCUT2D eigenvalue weighted by Gasteiger charge is -2.16. The maximum Gasteiger partial charge on any atom is 0.469 e. The van der Waals surface area contributed by atoms with Crippen LogP contribution in [0.3, 0.4) is 0 Å². The number of amides is 2. The summed E-state index contributed by atoms with van der Waals surface area (Å²) >= 11 is 0. The maximum absolute atomic E-state index is 12.9. The highest BCUT2D eigenvalue weighted by Gasteiger charge is 2.19. The first-order valence-corrected chi connectivity index (χ1v) is 14.7. The fourth-order valence-electron chi connectivity index (χ4n) is 4.30. The quantitative estimate of drug-likeness (QED) is 0.0847. The Balaban J connectivity index is 1.56. The zero-order valence-corrected chi connectivity index (χ0v) is 21.8. The molecule has 0 bridgehead atoms. The number of hydrogen-bond donors (Lipinski definition) is 6. The Bertz CT molecular complexity index is 1460. The highest BCUT2D eigenvalue weighted by Crippen LogP contribution is 2.38. The van der Waals surface area contributed by atoms with E-state index in [4.69, 9.17) is 19.6 Å². The standard InChI is InChI=1S/C24H26N2O10P2/c27-23(25-11-1-13-35-37(29,30)31)19-7-5-15-3-4-16-6-8-20(18-10-9-17(19)21(15)22(16)18)24(28)26-12-2-14-36-38(32,33)34/h3-10H,1-2,11-14H2,(H,25,27)(H,26,28)(H2,29,30,31)(H2,32,33,34). The normalized spacial score (nSPS) is 12.4. The van der Waals surface area contributed by atoms with Crippen LogP contribution >= 0.6 is 15.6 Å². The summed E-state index contributed by atoms with van der Waals surface area (Å²) in [6.07, 6.45) is 0.430. The third-order valence-electron chi connectivity index (χ3n) is 5.89. The fourth-order valence-corrected chi connectivity index (χ4v) is 5.04. The number of nitrogens with one attached hydrogen (secondary N) is 2. The van der Waals surface area contributed by atoms with E-state index >= 15 is 0 Å². The first kappa shape index (κ1) is 28.1. The van der Waals surface area contributed by atoms with Gasteiger partial charge in [0.15, 0.2) is 0 Å². The number of carbonyl (C=O) groups is 2. The highest BCUT2D eigenvalue weighted by molar-refractivity contribution is 7.46. The molecule has 202 valence electrons. The SMILES string of the molecule is O=C(NCCCOP(=O)(O)O)c1ccc2ccc3ccc(C(=O)NCCCOP(=O)(O)O)c4ccc1c2c34. The summed E-state index contributed by atoms with van der Waals surface area (Å²) in [5.74, 6) is -0.704. The van der Waals surface area contributed by atoms with Crippen LogP contribution < -0.4 is 10.6 Å². The molecule has 4 rings (SSSR count). The van der Waals surface area contributed by atoms with Gasteiger partial charge in [-0.05, 0) is 57.3 Å². The summed E-state index contributed by atoms with van der Waals surface area (Å²) in [4.78, 5) is 60.9. The van der Waals surface area contributed by atoms with Crippen LogP contribution in [0.5, 0.6) is 0 Å². The molecular formula is C24H26N2O10P2. The second-order valence-electron chi connectivity index (χ2n) is 8.52. The van der Waals surface area contributed by atoms with E-state index in [2.05, 4.69) is 19.7 Å². The third-order valence-corrected chi connectivity index (χ3v) is 6.92. The Morgan fingerprint density at radius 1 is 0.632 bits per heavy atom. The largest absolute Gasteiger partial charge is 0.469 e. The summed E-state index contributed by atoms with van der Waals surface area (Å²) in [6.45, 7) is -0.0934. The van der Waals surface area contributed by atoms with Gasteiger partial charge in [0.25, 0.3) is 11.8 Å². The first-order chi connectivity index (χ1) is 17.9. The number of carbonyl (C=O) groups excluding carboxylic acids is 2. The van der Waals surface area contributed by atoms with Gasteiger partial charge in [-0.2, -0.15) is 0 Å². The van der Waals surface area contributed by atoms with Crippen molar-refractivity contribution in [2.45, 2.75) is 12.8 Å². The summed E-state index contributed by atoms with van der Waals surface area (Å²) in [7, 11) is -9.11. The van der Waals surface area contributed by atoms with Crippen LogP contribution in [0.1, 0.15) is 33.6 Å². The fraction of sp³-hybridized carbons (Fsp3) is 0.250. The zero-order valence-electron chi connectivity index (χ0n) is 20.0. The molecule has 0 saturated carbocycles. The predicted octanol–water partition coefficient (Wildman–Crippen LogP) is 3.04. The Morgan fingerprint density at radius 3 is 1.37 bits per heavy atom. The Hall–Kier alpha value is -2.92. The average Bonchev–Trinajstić information content (AvgIpc) is 2.85. The summed E-state index contributed by atoms with van der Waals surface area (Å²) in [5.41, 5.74) is 0.838. The molecule has 14 heteroatoms. The molecule has 0 atom stereocenters. The van der Waals surface area contributed by atoms with Crippen molar-refractivity contribution in [3.05, 3.63) is 59.7 Å². The van der Waals surface area contributed by atoms with Crippen molar-refractivity contribution in [3.8, 4) is 0 Å². The molecule has 4 aromatic carbocycles. The van der Waals surface area contributed by atoms with Crippen LogP contribution in [0.2, 0.25) is 0 Å². The molecule has 0 aliphatic carbocycles. The van der Waals surface area contributed by atoms with Crippen molar-refractivity contribution in [2.75, 3.05) is 26.3 Å². The molecule has 0 fully saturated rings. The molecule has 0 saturated heterocycles. The van der Waals surface area contributed by atoms with E-state index in [-0.39, 0.29) is 51.0 Å². The molecule has 12 nitrogen and oxygen atoms in total. The van der Waals surface area contributed by atoms with Crippen molar-refractivity contribution in [1.29, 1.82) is 0 Å². The Morgan fingerprint density at radius 2 is 1.00 bits per heavy atom. The Kier molecular flexibility index (Phi) is 8.46. The molecular weight excluding hydrogens is 538 g/mol. The second-order valence-corrected chi connectivity index (χ2v) is 11.0. The van der Waals surface area contributed by atoms with E-state index in [0.717, 1.165) is 21.5 Å². The van der Waals surface area contributed by atoms with Crippen molar-refractivity contribution >= 4 is 59.8 Å². The molecule has 38 heavy (non-hydrogen) atoms. The molecule has 0 aromatic heterocycles. The van der Waals surface area contributed by atoms with Gasteiger partial charge in [-0.1, -0.05) is 36.4 Å². The van der Waals surface area contributed by atoms with Gasteiger partial charge < -0.3 is 30.2 Å². The lowest BCUT2D eigenvalue weighted by Crippen LogP contribution is -2.25. The third kappa shape index (κ3) is 6.74. The molecule has 0 unspecified atom stereocenters. The van der Waals surface area contributed by atoms with Gasteiger partial charge in [0.05, 0.1) is 13.2 Å². The van der Waals surface area contributed by atoms with E-state index in [9.17, 15) is 18.7 Å². The van der Waals surface area contributed by atoms with E-state index in [1.165, 1.54) is 0 Å². The number of rotatable bonds is 12. The molecule has 0 aliphatic heterocycles. The van der Waals surface area contributed by atoms with Gasteiger partial charge in [0.1, 0.15) is 0 Å². The first-order valence-electron chi connectivity index (χ1n) is 11.6. The van der Waals surface area contributed by atoms with Crippen molar-refractivity contribution < 1.29 is 47.3 Å². The van der Waals surface area contributed by atoms with Crippen LogP contribution in [-0.4, -0.2) is 57.7 Å². The minimum absolute atomic E-state index is 0.157. The molecule has 2 amide bonds. The van der Waals surface area contributed by atoms with Gasteiger partial charge in [-0.25, -0.2) is 9.13 Å². The molecule has 0 radical (unpaired) electrons. The van der Waals surface area contributed by atoms with Gasteiger partial charge in [-0.3, -0.25) is 18.6 Å². The average molecular weight is 564 g/mol. The minimum atomic E-state index is -4.56. The van der Waals surface area contributed by atoms with Gasteiger partial charge in [0, 0.05) is 24.2 Å². The van der Waals surface area contributed by atoms with Crippen LogP contribution in [0.15, 0.2) is 48.5 Å². The lowest BCUT2D eigenvalue weighted by molar-refractivity contribution is 0.0943. The van der Waals surface area contributed by atoms with Gasteiger partial charge >= 0.3 is 15.6 Å². The highest BCUT2D eigenvalue weighted by atomic mass is 31.2. The maximum atomic E-state index is 12.9. The summed E-state index contributed by atoms with van der Waals surface area (Å²) < 4.78 is 30.3. The number of hydrogen-bond acceptors (Lipinski definition) is 6. The number of phosphoric acid groups is 2. The smallest absolute Gasteiger partial charge is 0.352 e. The van der Waals surface area contributed by atoms with Crippen LogP contribution in [0.4, 0.5) is 0 Å². The topological polar surface area (TPSA) is 192 Å². The summed E-state index contributed by atoms with van der Waals surface area (Å²) in [5, 5.41) is 10.3. The van der Waals surface area contributed by atoms with E-state index < -0.39 is 15.6 Å². The monoisotopic (exact) mass is 564 g/mol. The van der Waals surface area contributed by atoms with Crippen molar-refractivity contribution in [2.24, 2.45) is 0 Å². The van der Waals surface area contributed by atoms with E-state index in [0.29, 0.717) is 21.9 Å². The summed E-state index contributed by atoms with van der Waals surface area (Å²) in [6, 6.07) is 14.5. The van der Waals surface area contributed by atoms with Crippen LogP contribution in [-0.2, 0) is 18.2 Å². The lowest BCUT2D eigenvalue weighted by atomic mass is 9.89. The number of phosphoric ester groups is 2. The van der Waals surface area contributed by atoms with Crippen LogP contribution in [0, 0.1) is 0 Å².